The number of hydrogen-bond acceptors (Lipinski definition) is 2. The first kappa shape index (κ1) is 10.1. The van der Waals surface area contributed by atoms with Gasteiger partial charge in [-0.05, 0) is 24.5 Å². The lowest BCUT2D eigenvalue weighted by atomic mass is 9.81. The summed E-state index contributed by atoms with van der Waals surface area (Å²) in [6.45, 7) is 1.39. The van der Waals surface area contributed by atoms with E-state index in [0.29, 0.717) is 13.2 Å². The second kappa shape index (κ2) is 4.04. The van der Waals surface area contributed by atoms with E-state index in [1.54, 1.807) is 0 Å². The Kier molecular flexibility index (Phi) is 2.54. The summed E-state index contributed by atoms with van der Waals surface area (Å²) in [5.74, 6) is 0. The van der Waals surface area contributed by atoms with Crippen molar-refractivity contribution < 1.29 is 9.47 Å². The standard InChI is InChI=1S/C14H16O2/c1-2-6-12(7-3-1)14-9-5-4-8-13(14)15-10-11-16-14/h1-3,5-7,9,13H,4,8,10-11H2/t13-,14-/m0/s1. The van der Waals surface area contributed by atoms with Crippen molar-refractivity contribution in [3.8, 4) is 0 Å². The molecule has 0 spiro atoms. The van der Waals surface area contributed by atoms with Crippen molar-refractivity contribution in [3.63, 3.8) is 0 Å². The first-order valence-electron chi connectivity index (χ1n) is 5.91. The van der Waals surface area contributed by atoms with E-state index in [0.717, 1.165) is 12.8 Å². The van der Waals surface area contributed by atoms with E-state index in [4.69, 9.17) is 9.47 Å². The van der Waals surface area contributed by atoms with Gasteiger partial charge in [0.1, 0.15) is 5.60 Å². The van der Waals surface area contributed by atoms with E-state index in [2.05, 4.69) is 36.4 Å². The molecule has 1 aromatic rings. The van der Waals surface area contributed by atoms with Crippen molar-refractivity contribution in [2.45, 2.75) is 24.5 Å². The Morgan fingerprint density at radius 2 is 2.00 bits per heavy atom. The molecule has 1 fully saturated rings. The molecule has 2 heteroatoms. The van der Waals surface area contributed by atoms with Crippen LogP contribution >= 0.6 is 0 Å². The second-order valence-corrected chi connectivity index (χ2v) is 4.35. The summed E-state index contributed by atoms with van der Waals surface area (Å²) < 4.78 is 11.9. The molecular formula is C14H16O2. The summed E-state index contributed by atoms with van der Waals surface area (Å²) >= 11 is 0. The van der Waals surface area contributed by atoms with Crippen LogP contribution in [0.5, 0.6) is 0 Å². The van der Waals surface area contributed by atoms with E-state index in [9.17, 15) is 0 Å². The number of allylic oxidation sites excluding steroid dienone is 1. The Hall–Kier alpha value is -1.12. The molecule has 2 atom stereocenters. The lowest BCUT2D eigenvalue weighted by Crippen LogP contribution is -2.48. The number of rotatable bonds is 1. The largest absolute Gasteiger partial charge is 0.372 e. The van der Waals surface area contributed by atoms with Gasteiger partial charge >= 0.3 is 0 Å². The summed E-state index contributed by atoms with van der Waals surface area (Å²) in [7, 11) is 0. The molecule has 1 aliphatic carbocycles. The molecule has 16 heavy (non-hydrogen) atoms. The fourth-order valence-electron chi connectivity index (χ4n) is 2.64. The van der Waals surface area contributed by atoms with Crippen LogP contribution in [0.4, 0.5) is 0 Å². The van der Waals surface area contributed by atoms with Crippen LogP contribution < -0.4 is 0 Å². The number of ether oxygens (including phenoxy) is 2. The van der Waals surface area contributed by atoms with Crippen LogP contribution in [0.1, 0.15) is 18.4 Å². The van der Waals surface area contributed by atoms with Gasteiger partial charge < -0.3 is 9.47 Å². The average molecular weight is 216 g/mol. The van der Waals surface area contributed by atoms with Crippen LogP contribution in [-0.4, -0.2) is 19.3 Å². The Bertz CT molecular complexity index is 385. The zero-order chi connectivity index (χ0) is 10.8. The molecule has 1 saturated heterocycles. The van der Waals surface area contributed by atoms with Gasteiger partial charge in [0.15, 0.2) is 0 Å². The van der Waals surface area contributed by atoms with Gasteiger partial charge in [-0.2, -0.15) is 0 Å². The highest BCUT2D eigenvalue weighted by Crippen LogP contribution is 2.40. The summed E-state index contributed by atoms with van der Waals surface area (Å²) in [5, 5.41) is 0. The lowest BCUT2D eigenvalue weighted by molar-refractivity contribution is -0.190. The average Bonchev–Trinajstić information content (AvgIpc) is 2.40. The van der Waals surface area contributed by atoms with Crippen LogP contribution in [0.25, 0.3) is 0 Å². The number of benzene rings is 1. The first-order chi connectivity index (χ1) is 7.92. The van der Waals surface area contributed by atoms with E-state index in [1.807, 2.05) is 6.07 Å². The lowest BCUT2D eigenvalue weighted by Gasteiger charge is -2.44. The summed E-state index contributed by atoms with van der Waals surface area (Å²) in [6, 6.07) is 10.4. The smallest absolute Gasteiger partial charge is 0.137 e. The van der Waals surface area contributed by atoms with Crippen molar-refractivity contribution in [3.05, 3.63) is 48.0 Å². The molecule has 1 aliphatic heterocycles. The summed E-state index contributed by atoms with van der Waals surface area (Å²) in [5.41, 5.74) is 0.869. The molecule has 0 amide bonds. The normalized spacial score (nSPS) is 33.4. The maximum atomic E-state index is 6.04. The quantitative estimate of drug-likeness (QED) is 0.672. The van der Waals surface area contributed by atoms with E-state index in [-0.39, 0.29) is 11.7 Å². The molecule has 0 aromatic heterocycles. The highest BCUT2D eigenvalue weighted by molar-refractivity contribution is 5.31. The molecule has 0 unspecified atom stereocenters. The number of hydrogen-bond donors (Lipinski definition) is 0. The minimum absolute atomic E-state index is 0.175. The van der Waals surface area contributed by atoms with Crippen molar-refractivity contribution in [2.24, 2.45) is 0 Å². The Labute approximate surface area is 95.9 Å². The van der Waals surface area contributed by atoms with Gasteiger partial charge in [0.05, 0.1) is 19.3 Å². The third-order valence-corrected chi connectivity index (χ3v) is 3.41. The van der Waals surface area contributed by atoms with Crippen LogP contribution in [0.2, 0.25) is 0 Å². The molecule has 3 rings (SSSR count). The fourth-order valence-corrected chi connectivity index (χ4v) is 2.64. The predicted octanol–water partition coefficient (Wildman–Crippen LogP) is 2.65. The second-order valence-electron chi connectivity index (χ2n) is 4.35. The van der Waals surface area contributed by atoms with Crippen molar-refractivity contribution in [2.75, 3.05) is 13.2 Å². The Morgan fingerprint density at radius 3 is 2.88 bits per heavy atom. The van der Waals surface area contributed by atoms with Crippen LogP contribution in [0.15, 0.2) is 42.5 Å². The van der Waals surface area contributed by atoms with Gasteiger partial charge in [0.25, 0.3) is 0 Å². The number of fused-ring (bicyclic) bond motifs is 1. The third-order valence-electron chi connectivity index (χ3n) is 3.41. The molecule has 0 radical (unpaired) electrons. The maximum Gasteiger partial charge on any atom is 0.137 e. The van der Waals surface area contributed by atoms with Gasteiger partial charge in [-0.25, -0.2) is 0 Å². The molecule has 2 aliphatic rings. The van der Waals surface area contributed by atoms with Crippen LogP contribution in [-0.2, 0) is 15.1 Å². The molecule has 0 N–H and O–H groups in total. The van der Waals surface area contributed by atoms with Crippen molar-refractivity contribution in [1.82, 2.24) is 0 Å². The highest BCUT2D eigenvalue weighted by atomic mass is 16.6. The molecule has 0 saturated carbocycles. The maximum absolute atomic E-state index is 6.04. The zero-order valence-electron chi connectivity index (χ0n) is 9.26. The Morgan fingerprint density at radius 1 is 1.12 bits per heavy atom. The first-order valence-corrected chi connectivity index (χ1v) is 5.91. The van der Waals surface area contributed by atoms with E-state index >= 15 is 0 Å². The monoisotopic (exact) mass is 216 g/mol. The van der Waals surface area contributed by atoms with E-state index in [1.165, 1.54) is 5.56 Å². The molecule has 84 valence electrons. The van der Waals surface area contributed by atoms with Gasteiger partial charge in [-0.3, -0.25) is 0 Å². The molecule has 1 heterocycles. The molecule has 1 aromatic carbocycles. The summed E-state index contributed by atoms with van der Waals surface area (Å²) in [6.07, 6.45) is 6.69. The highest BCUT2D eigenvalue weighted by Gasteiger charge is 2.43. The minimum atomic E-state index is -0.336. The topological polar surface area (TPSA) is 18.5 Å². The van der Waals surface area contributed by atoms with Gasteiger partial charge in [0.2, 0.25) is 0 Å². The molecular weight excluding hydrogens is 200 g/mol. The predicted molar refractivity (Wildman–Crippen MR) is 62.2 cm³/mol. The SMILES string of the molecule is C1=C[C@@]2(c3ccccc3)OCCO[C@H]2CC1. The fraction of sp³-hybridized carbons (Fsp3) is 0.429. The van der Waals surface area contributed by atoms with Gasteiger partial charge in [0, 0.05) is 0 Å². The van der Waals surface area contributed by atoms with E-state index < -0.39 is 0 Å². The van der Waals surface area contributed by atoms with Crippen LogP contribution in [0, 0.1) is 0 Å². The van der Waals surface area contributed by atoms with Crippen molar-refractivity contribution >= 4 is 0 Å². The van der Waals surface area contributed by atoms with Gasteiger partial charge in [-0.1, -0.05) is 36.4 Å². The molecule has 2 nitrogen and oxygen atoms in total. The minimum Gasteiger partial charge on any atom is -0.372 e. The van der Waals surface area contributed by atoms with Crippen molar-refractivity contribution in [1.29, 1.82) is 0 Å². The third kappa shape index (κ3) is 1.49. The summed E-state index contributed by atoms with van der Waals surface area (Å²) in [4.78, 5) is 0. The van der Waals surface area contributed by atoms with Gasteiger partial charge in [-0.15, -0.1) is 0 Å². The van der Waals surface area contributed by atoms with Crippen LogP contribution in [0.3, 0.4) is 0 Å². The molecule has 0 bridgehead atoms. The zero-order valence-corrected chi connectivity index (χ0v) is 9.26. The Balaban J connectivity index is 2.05.